The summed E-state index contributed by atoms with van der Waals surface area (Å²) in [6, 6.07) is 4.13. The van der Waals surface area contributed by atoms with Crippen LogP contribution in [0.25, 0.3) is 5.95 Å². The zero-order valence-corrected chi connectivity index (χ0v) is 11.4. The van der Waals surface area contributed by atoms with E-state index < -0.39 is 0 Å². The van der Waals surface area contributed by atoms with Gasteiger partial charge in [0.15, 0.2) is 0 Å². The number of hydrogen-bond donors (Lipinski definition) is 2. The molecule has 0 amide bonds. The van der Waals surface area contributed by atoms with Gasteiger partial charge in [-0.1, -0.05) is 6.07 Å². The van der Waals surface area contributed by atoms with E-state index in [4.69, 9.17) is 5.73 Å². The Hall–Kier alpha value is -2.55. The molecule has 0 fully saturated rings. The van der Waals surface area contributed by atoms with Crippen LogP contribution in [0.3, 0.4) is 0 Å². The lowest BCUT2D eigenvalue weighted by Gasteiger charge is -2.12. The topological polar surface area (TPSA) is 107 Å². The second-order valence-electron chi connectivity index (χ2n) is 4.04. The van der Waals surface area contributed by atoms with Gasteiger partial charge in [-0.25, -0.2) is 4.98 Å². The van der Waals surface area contributed by atoms with Crippen molar-refractivity contribution >= 4 is 23.2 Å². The van der Waals surface area contributed by atoms with Crippen molar-refractivity contribution in [3.05, 3.63) is 35.0 Å². The number of nitrogens with one attached hydrogen (secondary N) is 1. The Morgan fingerprint density at radius 2 is 2.25 bits per heavy atom. The standard InChI is InChI=1S/C11H12N8S/c1-7(8-3-2-4-20-8)15-10-16-9(12)17-11(18-10)19-6-13-5-14-19/h2-7H,1H3,(H3,12,15,16,17,18). The molecule has 0 aliphatic rings. The summed E-state index contributed by atoms with van der Waals surface area (Å²) in [4.78, 5) is 17.4. The van der Waals surface area contributed by atoms with Crippen molar-refractivity contribution in [2.45, 2.75) is 13.0 Å². The maximum atomic E-state index is 5.70. The zero-order valence-electron chi connectivity index (χ0n) is 10.6. The average Bonchev–Trinajstić information content (AvgIpc) is 3.12. The monoisotopic (exact) mass is 288 g/mol. The molecule has 1 unspecified atom stereocenters. The smallest absolute Gasteiger partial charge is 0.258 e. The van der Waals surface area contributed by atoms with Crippen LogP contribution in [0.5, 0.6) is 0 Å². The van der Waals surface area contributed by atoms with Crippen molar-refractivity contribution < 1.29 is 0 Å². The number of nitrogens with zero attached hydrogens (tertiary/aromatic N) is 6. The fourth-order valence-electron chi connectivity index (χ4n) is 1.66. The van der Waals surface area contributed by atoms with Crippen LogP contribution in [-0.4, -0.2) is 29.7 Å². The van der Waals surface area contributed by atoms with Crippen molar-refractivity contribution in [1.82, 2.24) is 29.7 Å². The van der Waals surface area contributed by atoms with Gasteiger partial charge in [-0.05, 0) is 18.4 Å². The minimum Gasteiger partial charge on any atom is -0.368 e. The maximum absolute atomic E-state index is 5.70. The number of anilines is 2. The van der Waals surface area contributed by atoms with Crippen LogP contribution in [0.1, 0.15) is 17.8 Å². The van der Waals surface area contributed by atoms with Crippen molar-refractivity contribution in [1.29, 1.82) is 0 Å². The van der Waals surface area contributed by atoms with Gasteiger partial charge in [-0.15, -0.1) is 11.3 Å². The summed E-state index contributed by atoms with van der Waals surface area (Å²) in [5.74, 6) is 0.867. The highest BCUT2D eigenvalue weighted by Crippen LogP contribution is 2.21. The predicted molar refractivity (Wildman–Crippen MR) is 75.5 cm³/mol. The van der Waals surface area contributed by atoms with Crippen LogP contribution < -0.4 is 11.1 Å². The van der Waals surface area contributed by atoms with Crippen molar-refractivity contribution in [3.8, 4) is 5.95 Å². The van der Waals surface area contributed by atoms with Crippen LogP contribution in [0.2, 0.25) is 0 Å². The second-order valence-corrected chi connectivity index (χ2v) is 5.02. The molecule has 8 nitrogen and oxygen atoms in total. The molecule has 3 rings (SSSR count). The van der Waals surface area contributed by atoms with E-state index in [0.29, 0.717) is 11.9 Å². The Labute approximate surface area is 118 Å². The summed E-state index contributed by atoms with van der Waals surface area (Å²) in [5, 5.41) is 9.19. The highest BCUT2D eigenvalue weighted by molar-refractivity contribution is 7.10. The van der Waals surface area contributed by atoms with Gasteiger partial charge in [0.1, 0.15) is 12.7 Å². The van der Waals surface area contributed by atoms with Gasteiger partial charge in [0.25, 0.3) is 5.95 Å². The maximum Gasteiger partial charge on any atom is 0.258 e. The first-order valence-electron chi connectivity index (χ1n) is 5.89. The van der Waals surface area contributed by atoms with E-state index in [9.17, 15) is 0 Å². The molecule has 0 spiro atoms. The number of thiophene rings is 1. The SMILES string of the molecule is CC(Nc1nc(N)nc(-n2cncn2)n1)c1cccs1. The van der Waals surface area contributed by atoms with Gasteiger partial charge in [0.2, 0.25) is 11.9 Å². The number of hydrogen-bond acceptors (Lipinski definition) is 8. The molecule has 0 aromatic carbocycles. The lowest BCUT2D eigenvalue weighted by Crippen LogP contribution is -2.13. The molecule has 0 aliphatic carbocycles. The summed E-state index contributed by atoms with van der Waals surface area (Å²) in [5.41, 5.74) is 5.70. The van der Waals surface area contributed by atoms with Crippen molar-refractivity contribution in [3.63, 3.8) is 0 Å². The lowest BCUT2D eigenvalue weighted by atomic mass is 10.3. The Kier molecular flexibility index (Phi) is 3.25. The van der Waals surface area contributed by atoms with Gasteiger partial charge >= 0.3 is 0 Å². The number of nitrogen functional groups attached to an aromatic ring is 1. The largest absolute Gasteiger partial charge is 0.368 e. The molecule has 3 N–H and O–H groups in total. The molecule has 0 saturated carbocycles. The van der Waals surface area contributed by atoms with E-state index in [1.165, 1.54) is 22.2 Å². The van der Waals surface area contributed by atoms with Crippen molar-refractivity contribution in [2.75, 3.05) is 11.1 Å². The van der Waals surface area contributed by atoms with Crippen LogP contribution in [0.15, 0.2) is 30.2 Å². The molecule has 1 atom stereocenters. The number of nitrogens with two attached hydrogens (primary N) is 1. The van der Waals surface area contributed by atoms with E-state index in [0.717, 1.165) is 0 Å². The van der Waals surface area contributed by atoms with Crippen molar-refractivity contribution in [2.24, 2.45) is 0 Å². The van der Waals surface area contributed by atoms with Gasteiger partial charge in [0, 0.05) is 4.88 Å². The van der Waals surface area contributed by atoms with Gasteiger partial charge < -0.3 is 11.1 Å². The fraction of sp³-hybridized carbons (Fsp3) is 0.182. The summed E-state index contributed by atoms with van der Waals surface area (Å²) in [6.07, 6.45) is 2.91. The number of rotatable bonds is 4. The van der Waals surface area contributed by atoms with Crippen LogP contribution >= 0.6 is 11.3 Å². The normalized spacial score (nSPS) is 12.2. The molecule has 0 saturated heterocycles. The molecule has 3 heterocycles. The summed E-state index contributed by atoms with van der Waals surface area (Å²) in [6.45, 7) is 2.03. The zero-order chi connectivity index (χ0) is 13.9. The first-order valence-corrected chi connectivity index (χ1v) is 6.77. The van der Waals surface area contributed by atoms with E-state index >= 15 is 0 Å². The van der Waals surface area contributed by atoms with Gasteiger partial charge in [-0.3, -0.25) is 0 Å². The Balaban J connectivity index is 1.87. The first-order chi connectivity index (χ1) is 9.72. The van der Waals surface area contributed by atoms with Gasteiger partial charge in [0.05, 0.1) is 6.04 Å². The highest BCUT2D eigenvalue weighted by atomic mass is 32.1. The lowest BCUT2D eigenvalue weighted by molar-refractivity contribution is 0.788. The second kappa shape index (κ2) is 5.21. The molecule has 102 valence electrons. The molecule has 0 aliphatic heterocycles. The Morgan fingerprint density at radius 3 is 2.95 bits per heavy atom. The molecule has 3 aromatic heterocycles. The third kappa shape index (κ3) is 2.57. The van der Waals surface area contributed by atoms with E-state index in [-0.39, 0.29) is 12.0 Å². The summed E-state index contributed by atoms with van der Waals surface area (Å²) >= 11 is 1.66. The van der Waals surface area contributed by atoms with Gasteiger partial charge in [-0.2, -0.15) is 24.7 Å². The third-order valence-electron chi connectivity index (χ3n) is 2.58. The summed E-state index contributed by atoms with van der Waals surface area (Å²) < 4.78 is 1.43. The molecular weight excluding hydrogens is 276 g/mol. The molecule has 0 radical (unpaired) electrons. The highest BCUT2D eigenvalue weighted by Gasteiger charge is 2.11. The Bertz CT molecular complexity index is 679. The van der Waals surface area contributed by atoms with E-state index in [2.05, 4.69) is 30.4 Å². The minimum atomic E-state index is 0.0837. The molecule has 3 aromatic rings. The predicted octanol–water partition coefficient (Wildman–Crippen LogP) is 1.27. The third-order valence-corrected chi connectivity index (χ3v) is 3.64. The van der Waals surface area contributed by atoms with E-state index in [1.54, 1.807) is 11.3 Å². The molecule has 0 bridgehead atoms. The molecule has 20 heavy (non-hydrogen) atoms. The van der Waals surface area contributed by atoms with Crippen LogP contribution in [-0.2, 0) is 0 Å². The fourth-order valence-corrected chi connectivity index (χ4v) is 2.40. The average molecular weight is 288 g/mol. The molecule has 9 heteroatoms. The van der Waals surface area contributed by atoms with Crippen LogP contribution in [0, 0.1) is 0 Å². The molecular formula is C11H12N8S. The first kappa shape index (κ1) is 12.5. The minimum absolute atomic E-state index is 0.0837. The Morgan fingerprint density at radius 1 is 1.35 bits per heavy atom. The summed E-state index contributed by atoms with van der Waals surface area (Å²) in [7, 11) is 0. The quantitative estimate of drug-likeness (QED) is 0.744. The number of aromatic nitrogens is 6. The van der Waals surface area contributed by atoms with E-state index in [1.807, 2.05) is 24.4 Å². The van der Waals surface area contributed by atoms with Crippen LogP contribution in [0.4, 0.5) is 11.9 Å².